The summed E-state index contributed by atoms with van der Waals surface area (Å²) in [5, 5.41) is 12.0. The number of thioether (sulfide) groups is 1. The van der Waals surface area contributed by atoms with E-state index in [9.17, 15) is 9.18 Å². The summed E-state index contributed by atoms with van der Waals surface area (Å²) in [7, 11) is 0. The molecule has 0 saturated heterocycles. The highest BCUT2D eigenvalue weighted by molar-refractivity contribution is 8.00. The Bertz CT molecular complexity index is 1220. The molecular formula is C25H25FN4O2S. The van der Waals surface area contributed by atoms with Crippen molar-refractivity contribution in [1.29, 1.82) is 0 Å². The van der Waals surface area contributed by atoms with Crippen LogP contribution in [0.25, 0.3) is 11.4 Å². The molecule has 2 heterocycles. The van der Waals surface area contributed by atoms with E-state index >= 15 is 0 Å². The quantitative estimate of drug-likeness (QED) is 0.354. The van der Waals surface area contributed by atoms with Crippen molar-refractivity contribution in [2.45, 2.75) is 43.8 Å². The molecule has 2 unspecified atom stereocenters. The van der Waals surface area contributed by atoms with Crippen molar-refractivity contribution in [2.24, 2.45) is 0 Å². The largest absolute Gasteiger partial charge is 0.469 e. The van der Waals surface area contributed by atoms with Gasteiger partial charge in [-0.25, -0.2) is 4.39 Å². The Morgan fingerprint density at radius 2 is 1.82 bits per heavy atom. The van der Waals surface area contributed by atoms with E-state index in [0.717, 1.165) is 22.5 Å². The predicted octanol–water partition coefficient (Wildman–Crippen LogP) is 5.39. The lowest BCUT2D eigenvalue weighted by Gasteiger charge is -2.18. The number of benzene rings is 2. The van der Waals surface area contributed by atoms with E-state index in [-0.39, 0.29) is 17.8 Å². The monoisotopic (exact) mass is 464 g/mol. The molecule has 170 valence electrons. The summed E-state index contributed by atoms with van der Waals surface area (Å²) in [5.74, 6) is 1.02. The fourth-order valence-electron chi connectivity index (χ4n) is 3.48. The Kier molecular flexibility index (Phi) is 6.93. The third kappa shape index (κ3) is 5.34. The molecule has 0 bridgehead atoms. The summed E-state index contributed by atoms with van der Waals surface area (Å²) in [6, 6.07) is 17.8. The van der Waals surface area contributed by atoms with Crippen LogP contribution in [0.4, 0.5) is 4.39 Å². The number of nitrogens with one attached hydrogen (secondary N) is 1. The van der Waals surface area contributed by atoms with Crippen molar-refractivity contribution in [2.75, 3.05) is 0 Å². The van der Waals surface area contributed by atoms with Crippen LogP contribution >= 0.6 is 11.8 Å². The van der Waals surface area contributed by atoms with Crippen molar-refractivity contribution in [1.82, 2.24) is 20.1 Å². The molecule has 0 radical (unpaired) electrons. The zero-order valence-electron chi connectivity index (χ0n) is 18.7. The van der Waals surface area contributed by atoms with E-state index < -0.39 is 5.25 Å². The number of carbonyl (C=O) groups excluding carboxylic acids is 1. The lowest BCUT2D eigenvalue weighted by molar-refractivity contribution is -0.120. The molecule has 0 spiro atoms. The molecule has 0 aliphatic rings. The molecule has 33 heavy (non-hydrogen) atoms. The number of hydrogen-bond acceptors (Lipinski definition) is 5. The highest BCUT2D eigenvalue weighted by atomic mass is 32.2. The van der Waals surface area contributed by atoms with E-state index in [1.807, 2.05) is 61.7 Å². The third-order valence-corrected chi connectivity index (χ3v) is 6.46. The number of aromatic nitrogens is 3. The van der Waals surface area contributed by atoms with E-state index in [0.29, 0.717) is 17.5 Å². The average molecular weight is 465 g/mol. The number of furan rings is 1. The molecule has 0 saturated carbocycles. The van der Waals surface area contributed by atoms with Gasteiger partial charge in [-0.1, -0.05) is 54.2 Å². The summed E-state index contributed by atoms with van der Waals surface area (Å²) in [4.78, 5) is 12.9. The number of aryl methyl sites for hydroxylation is 1. The number of halogens is 1. The van der Waals surface area contributed by atoms with Crippen molar-refractivity contribution < 1.29 is 13.6 Å². The van der Waals surface area contributed by atoms with Crippen LogP contribution in [0, 0.1) is 12.7 Å². The van der Waals surface area contributed by atoms with Gasteiger partial charge in [0.05, 0.1) is 29.7 Å². The molecule has 2 atom stereocenters. The highest BCUT2D eigenvalue weighted by Crippen LogP contribution is 2.30. The molecular weight excluding hydrogens is 439 g/mol. The highest BCUT2D eigenvalue weighted by Gasteiger charge is 2.23. The Labute approximate surface area is 196 Å². The molecule has 6 nitrogen and oxygen atoms in total. The zero-order chi connectivity index (χ0) is 23.4. The molecule has 2 aromatic heterocycles. The van der Waals surface area contributed by atoms with Crippen LogP contribution in [-0.4, -0.2) is 25.9 Å². The topological polar surface area (TPSA) is 72.9 Å². The molecule has 2 aromatic carbocycles. The normalized spacial score (nSPS) is 13.0. The van der Waals surface area contributed by atoms with E-state index in [2.05, 4.69) is 15.5 Å². The first-order valence-electron chi connectivity index (χ1n) is 10.7. The second kappa shape index (κ2) is 10.0. The predicted molar refractivity (Wildman–Crippen MR) is 126 cm³/mol. The van der Waals surface area contributed by atoms with Gasteiger partial charge in [-0.2, -0.15) is 0 Å². The molecule has 0 fully saturated rings. The van der Waals surface area contributed by atoms with Gasteiger partial charge in [0.2, 0.25) is 5.91 Å². The molecule has 0 aliphatic heterocycles. The fraction of sp³-hybridized carbons (Fsp3) is 0.240. The summed E-state index contributed by atoms with van der Waals surface area (Å²) in [6.07, 6.45) is 1.63. The molecule has 0 aliphatic carbocycles. The van der Waals surface area contributed by atoms with Crippen LogP contribution in [-0.2, 0) is 11.3 Å². The van der Waals surface area contributed by atoms with Crippen LogP contribution in [0.5, 0.6) is 0 Å². The van der Waals surface area contributed by atoms with Crippen molar-refractivity contribution in [3.8, 4) is 11.4 Å². The summed E-state index contributed by atoms with van der Waals surface area (Å²) in [6.45, 7) is 6.16. The smallest absolute Gasteiger partial charge is 0.233 e. The first-order valence-corrected chi connectivity index (χ1v) is 11.5. The minimum Gasteiger partial charge on any atom is -0.469 e. The number of rotatable bonds is 8. The van der Waals surface area contributed by atoms with Crippen LogP contribution in [0.15, 0.2) is 76.5 Å². The molecule has 4 rings (SSSR count). The average Bonchev–Trinajstić information content (AvgIpc) is 3.40. The van der Waals surface area contributed by atoms with Gasteiger partial charge < -0.3 is 9.73 Å². The van der Waals surface area contributed by atoms with Gasteiger partial charge >= 0.3 is 0 Å². The SMILES string of the molecule is Cc1occc1-c1nnc(SC(C)C(=O)NC(C)c2ccc(F)cc2)n1Cc1ccccc1. The number of amides is 1. The van der Waals surface area contributed by atoms with Gasteiger partial charge in [-0.15, -0.1) is 10.2 Å². The molecule has 4 aromatic rings. The van der Waals surface area contributed by atoms with E-state index in [1.54, 1.807) is 18.4 Å². The Balaban J connectivity index is 1.54. The maximum absolute atomic E-state index is 13.2. The minimum atomic E-state index is -0.412. The lowest BCUT2D eigenvalue weighted by Crippen LogP contribution is -2.33. The van der Waals surface area contributed by atoms with Gasteiger partial charge in [0.15, 0.2) is 11.0 Å². The lowest BCUT2D eigenvalue weighted by atomic mass is 10.1. The maximum Gasteiger partial charge on any atom is 0.233 e. The summed E-state index contributed by atoms with van der Waals surface area (Å²) >= 11 is 1.35. The first kappa shape index (κ1) is 22.8. The molecule has 1 amide bonds. The maximum atomic E-state index is 13.2. The van der Waals surface area contributed by atoms with Crippen molar-refractivity contribution in [3.05, 3.63) is 89.6 Å². The van der Waals surface area contributed by atoms with Crippen LogP contribution in [0.1, 0.15) is 36.8 Å². The van der Waals surface area contributed by atoms with Crippen LogP contribution in [0.3, 0.4) is 0 Å². The second-order valence-electron chi connectivity index (χ2n) is 7.81. The first-order chi connectivity index (χ1) is 15.9. The third-order valence-electron chi connectivity index (χ3n) is 5.38. The zero-order valence-corrected chi connectivity index (χ0v) is 19.5. The van der Waals surface area contributed by atoms with Gasteiger partial charge in [-0.05, 0) is 50.1 Å². The van der Waals surface area contributed by atoms with Gasteiger partial charge in [0, 0.05) is 0 Å². The van der Waals surface area contributed by atoms with Gasteiger partial charge in [0.1, 0.15) is 11.6 Å². The number of carbonyl (C=O) groups is 1. The van der Waals surface area contributed by atoms with Crippen molar-refractivity contribution in [3.63, 3.8) is 0 Å². The van der Waals surface area contributed by atoms with E-state index in [4.69, 9.17) is 4.42 Å². The summed E-state index contributed by atoms with van der Waals surface area (Å²) in [5.41, 5.74) is 2.81. The van der Waals surface area contributed by atoms with Gasteiger partial charge in [-0.3, -0.25) is 9.36 Å². The molecule has 8 heteroatoms. The Morgan fingerprint density at radius 3 is 2.48 bits per heavy atom. The van der Waals surface area contributed by atoms with Crippen LogP contribution < -0.4 is 5.32 Å². The molecule has 1 N–H and O–H groups in total. The van der Waals surface area contributed by atoms with Crippen LogP contribution in [0.2, 0.25) is 0 Å². The van der Waals surface area contributed by atoms with E-state index in [1.165, 1.54) is 23.9 Å². The Hall–Kier alpha value is -3.39. The summed E-state index contributed by atoms with van der Waals surface area (Å²) < 4.78 is 20.7. The second-order valence-corrected chi connectivity index (χ2v) is 9.12. The van der Waals surface area contributed by atoms with Gasteiger partial charge in [0.25, 0.3) is 0 Å². The Morgan fingerprint density at radius 1 is 1.09 bits per heavy atom. The van der Waals surface area contributed by atoms with Crippen molar-refractivity contribution >= 4 is 17.7 Å². The fourth-order valence-corrected chi connectivity index (χ4v) is 4.34. The standard InChI is InChI=1S/C25H25FN4O2S/c1-16(20-9-11-21(26)12-10-20)27-24(31)18(3)33-25-29-28-23(22-13-14-32-17(22)2)30(25)15-19-7-5-4-6-8-19/h4-14,16,18H,15H2,1-3H3,(H,27,31). The minimum absolute atomic E-state index is 0.132. The number of nitrogens with zero attached hydrogens (tertiary/aromatic N) is 3. The number of hydrogen-bond donors (Lipinski definition) is 1.